The van der Waals surface area contributed by atoms with Gasteiger partial charge in [-0.15, -0.1) is 0 Å². The van der Waals surface area contributed by atoms with Gasteiger partial charge in [0.25, 0.3) is 5.69 Å². The summed E-state index contributed by atoms with van der Waals surface area (Å²) < 4.78 is 0. The minimum atomic E-state index is -0.492. The number of ketones is 1. The Morgan fingerprint density at radius 1 is 0.963 bits per heavy atom. The molecular weight excluding hydrogens is 344 g/mol. The van der Waals surface area contributed by atoms with E-state index >= 15 is 0 Å². The number of hydrogen-bond acceptors (Lipinski definition) is 4. The van der Waals surface area contributed by atoms with Gasteiger partial charge in [0.05, 0.1) is 4.92 Å². The molecule has 3 rings (SSSR count). The second-order valence-corrected chi connectivity index (χ2v) is 6.29. The van der Waals surface area contributed by atoms with Gasteiger partial charge in [-0.1, -0.05) is 42.5 Å². The number of amides is 1. The van der Waals surface area contributed by atoms with E-state index in [9.17, 15) is 19.7 Å². The predicted octanol–water partition coefficient (Wildman–Crippen LogP) is 4.66. The fraction of sp³-hybridized carbons (Fsp3) is 0.143. The second-order valence-electron chi connectivity index (χ2n) is 6.29. The largest absolute Gasteiger partial charge is 0.326 e. The van der Waals surface area contributed by atoms with Crippen LogP contribution in [0.5, 0.6) is 0 Å². The molecule has 6 nitrogen and oxygen atoms in total. The molecule has 1 N–H and O–H groups in total. The van der Waals surface area contributed by atoms with Crippen molar-refractivity contribution in [2.24, 2.45) is 0 Å². The Balaban J connectivity index is 1.62. The number of carbonyl (C=O) groups excluding carboxylic acids is 2. The first kappa shape index (κ1) is 18.3. The second kappa shape index (κ2) is 7.78. The van der Waals surface area contributed by atoms with E-state index in [0.717, 1.165) is 10.8 Å². The number of fused-ring (bicyclic) bond motifs is 1. The van der Waals surface area contributed by atoms with Crippen molar-refractivity contribution < 1.29 is 14.5 Å². The molecule has 3 aromatic carbocycles. The summed E-state index contributed by atoms with van der Waals surface area (Å²) in [5.41, 5.74) is 1.37. The highest BCUT2D eigenvalue weighted by atomic mass is 16.6. The lowest BCUT2D eigenvalue weighted by Crippen LogP contribution is -2.13. The van der Waals surface area contributed by atoms with Crippen LogP contribution in [0, 0.1) is 17.0 Å². The SMILES string of the molecule is Cc1ccc(NC(=O)CCC(=O)c2ccc3ccccc3c2)cc1[N+](=O)[O-]. The van der Waals surface area contributed by atoms with Crippen LogP contribution in [0.3, 0.4) is 0 Å². The number of nitro benzene ring substituents is 1. The standard InChI is InChI=1S/C21H18N2O4/c1-14-6-9-18(13-19(14)23(26)27)22-21(25)11-10-20(24)17-8-7-15-4-2-3-5-16(15)12-17/h2-9,12-13H,10-11H2,1H3,(H,22,25). The van der Waals surface area contributed by atoms with Gasteiger partial charge < -0.3 is 5.32 Å². The average Bonchev–Trinajstić information content (AvgIpc) is 2.67. The van der Waals surface area contributed by atoms with Crippen molar-refractivity contribution in [1.82, 2.24) is 0 Å². The first-order valence-electron chi connectivity index (χ1n) is 8.51. The molecule has 27 heavy (non-hydrogen) atoms. The Morgan fingerprint density at radius 3 is 2.44 bits per heavy atom. The maximum Gasteiger partial charge on any atom is 0.274 e. The van der Waals surface area contributed by atoms with Gasteiger partial charge >= 0.3 is 0 Å². The Kier molecular flexibility index (Phi) is 5.26. The predicted molar refractivity (Wildman–Crippen MR) is 104 cm³/mol. The summed E-state index contributed by atoms with van der Waals surface area (Å²) in [6.07, 6.45) is 0.0749. The fourth-order valence-corrected chi connectivity index (χ4v) is 2.84. The van der Waals surface area contributed by atoms with Crippen LogP contribution in [0.2, 0.25) is 0 Å². The number of nitrogens with one attached hydrogen (secondary N) is 1. The number of nitrogens with zero attached hydrogens (tertiary/aromatic N) is 1. The van der Waals surface area contributed by atoms with Gasteiger partial charge in [0.2, 0.25) is 5.91 Å². The van der Waals surface area contributed by atoms with Crippen LogP contribution in [0.1, 0.15) is 28.8 Å². The monoisotopic (exact) mass is 362 g/mol. The summed E-state index contributed by atoms with van der Waals surface area (Å²) in [7, 11) is 0. The molecule has 0 atom stereocenters. The highest BCUT2D eigenvalue weighted by Crippen LogP contribution is 2.22. The van der Waals surface area contributed by atoms with Crippen LogP contribution >= 0.6 is 0 Å². The van der Waals surface area contributed by atoms with Crippen molar-refractivity contribution >= 4 is 33.8 Å². The van der Waals surface area contributed by atoms with Gasteiger partial charge in [-0.05, 0) is 29.8 Å². The van der Waals surface area contributed by atoms with Gasteiger partial charge in [-0.25, -0.2) is 0 Å². The molecule has 0 saturated carbocycles. The fourth-order valence-electron chi connectivity index (χ4n) is 2.84. The van der Waals surface area contributed by atoms with Gasteiger partial charge in [0.1, 0.15) is 0 Å². The Bertz CT molecular complexity index is 1040. The smallest absolute Gasteiger partial charge is 0.274 e. The first-order valence-corrected chi connectivity index (χ1v) is 8.51. The van der Waals surface area contributed by atoms with E-state index in [-0.39, 0.29) is 30.2 Å². The van der Waals surface area contributed by atoms with E-state index in [4.69, 9.17) is 0 Å². The van der Waals surface area contributed by atoms with Crippen LogP contribution < -0.4 is 5.32 Å². The molecule has 3 aromatic rings. The lowest BCUT2D eigenvalue weighted by Gasteiger charge is -2.07. The number of anilines is 1. The van der Waals surface area contributed by atoms with E-state index in [1.165, 1.54) is 6.07 Å². The molecule has 0 spiro atoms. The highest BCUT2D eigenvalue weighted by molar-refractivity contribution is 6.02. The quantitative estimate of drug-likeness (QED) is 0.392. The molecule has 0 bridgehead atoms. The van der Waals surface area contributed by atoms with E-state index in [0.29, 0.717) is 16.8 Å². The summed E-state index contributed by atoms with van der Waals surface area (Å²) in [6.45, 7) is 1.63. The average molecular weight is 362 g/mol. The molecule has 136 valence electrons. The maximum absolute atomic E-state index is 12.4. The van der Waals surface area contributed by atoms with Gasteiger partial charge in [0.15, 0.2) is 5.78 Å². The van der Waals surface area contributed by atoms with Crippen molar-refractivity contribution in [3.05, 3.63) is 81.9 Å². The zero-order valence-electron chi connectivity index (χ0n) is 14.8. The van der Waals surface area contributed by atoms with E-state index in [1.54, 1.807) is 25.1 Å². The number of nitro groups is 1. The number of carbonyl (C=O) groups is 2. The third-order valence-electron chi connectivity index (χ3n) is 4.34. The minimum absolute atomic E-state index is 0.00728. The zero-order valence-corrected chi connectivity index (χ0v) is 14.8. The van der Waals surface area contributed by atoms with E-state index in [1.807, 2.05) is 36.4 Å². The molecule has 6 heteroatoms. The number of rotatable bonds is 6. The van der Waals surface area contributed by atoms with Crippen LogP contribution in [0.15, 0.2) is 60.7 Å². The summed E-state index contributed by atoms with van der Waals surface area (Å²) in [5, 5.41) is 15.6. The normalized spacial score (nSPS) is 10.6. The Labute approximate surface area is 156 Å². The lowest BCUT2D eigenvalue weighted by atomic mass is 10.0. The Morgan fingerprint density at radius 2 is 1.70 bits per heavy atom. The van der Waals surface area contributed by atoms with Crippen LogP contribution in [0.4, 0.5) is 11.4 Å². The van der Waals surface area contributed by atoms with Crippen LogP contribution in [0.25, 0.3) is 10.8 Å². The number of benzene rings is 3. The van der Waals surface area contributed by atoms with Gasteiger partial charge in [-0.2, -0.15) is 0 Å². The lowest BCUT2D eigenvalue weighted by molar-refractivity contribution is -0.385. The number of Topliss-reactive ketones (excluding diaryl/α,β-unsaturated/α-hetero) is 1. The maximum atomic E-state index is 12.4. The summed E-state index contributed by atoms with van der Waals surface area (Å²) >= 11 is 0. The van der Waals surface area contributed by atoms with Gasteiger partial charge in [-0.3, -0.25) is 19.7 Å². The third kappa shape index (κ3) is 4.36. The Hall–Kier alpha value is -3.54. The number of hydrogen-bond donors (Lipinski definition) is 1. The molecule has 0 aliphatic rings. The molecular formula is C21H18N2O4. The topological polar surface area (TPSA) is 89.3 Å². The van der Waals surface area contributed by atoms with Crippen molar-refractivity contribution in [3.63, 3.8) is 0 Å². The molecule has 0 saturated heterocycles. The van der Waals surface area contributed by atoms with Gasteiger partial charge in [0, 0.05) is 35.7 Å². The molecule has 0 aromatic heterocycles. The van der Waals surface area contributed by atoms with Crippen molar-refractivity contribution in [1.29, 1.82) is 0 Å². The van der Waals surface area contributed by atoms with Crippen molar-refractivity contribution in [2.75, 3.05) is 5.32 Å². The molecule has 0 radical (unpaired) electrons. The molecule has 0 aliphatic heterocycles. The molecule has 0 heterocycles. The van der Waals surface area contributed by atoms with Crippen LogP contribution in [-0.4, -0.2) is 16.6 Å². The summed E-state index contributed by atoms with van der Waals surface area (Å²) in [6, 6.07) is 17.7. The summed E-state index contributed by atoms with van der Waals surface area (Å²) in [4.78, 5) is 34.9. The summed E-state index contributed by atoms with van der Waals surface area (Å²) in [5.74, 6) is -0.479. The first-order chi connectivity index (χ1) is 12.9. The van der Waals surface area contributed by atoms with E-state index in [2.05, 4.69) is 5.32 Å². The molecule has 0 aliphatic carbocycles. The van der Waals surface area contributed by atoms with Crippen molar-refractivity contribution in [2.45, 2.75) is 19.8 Å². The molecule has 0 fully saturated rings. The molecule has 0 unspecified atom stereocenters. The highest BCUT2D eigenvalue weighted by Gasteiger charge is 2.14. The molecule has 1 amide bonds. The van der Waals surface area contributed by atoms with Crippen molar-refractivity contribution in [3.8, 4) is 0 Å². The minimum Gasteiger partial charge on any atom is -0.326 e. The van der Waals surface area contributed by atoms with Crippen LogP contribution in [-0.2, 0) is 4.79 Å². The zero-order chi connectivity index (χ0) is 19.4. The number of aryl methyl sites for hydroxylation is 1. The van der Waals surface area contributed by atoms with E-state index < -0.39 is 4.92 Å². The third-order valence-corrected chi connectivity index (χ3v) is 4.34.